The SMILES string of the molecule is CCOC(=O)CCC(=O)C=Cc1ccc(OC)c(OC)c1. The van der Waals surface area contributed by atoms with Crippen LogP contribution in [-0.2, 0) is 14.3 Å². The standard InChI is InChI=1S/C16H20O5/c1-4-21-16(18)10-8-13(17)7-5-12-6-9-14(19-2)15(11-12)20-3/h5-7,9,11H,4,8,10H2,1-3H3. The number of benzene rings is 1. The Kier molecular flexibility index (Phi) is 7.01. The molecule has 1 rings (SSSR count). The number of ether oxygens (including phenoxy) is 3. The summed E-state index contributed by atoms with van der Waals surface area (Å²) < 4.78 is 15.1. The van der Waals surface area contributed by atoms with Crippen LogP contribution in [0.15, 0.2) is 24.3 Å². The summed E-state index contributed by atoms with van der Waals surface area (Å²) in [5.41, 5.74) is 0.817. The summed E-state index contributed by atoms with van der Waals surface area (Å²) in [6.45, 7) is 2.06. The molecule has 0 spiro atoms. The van der Waals surface area contributed by atoms with Gasteiger partial charge >= 0.3 is 5.97 Å². The fraction of sp³-hybridized carbons (Fsp3) is 0.375. The normalized spacial score (nSPS) is 10.4. The number of hydrogen-bond acceptors (Lipinski definition) is 5. The molecule has 1 aromatic rings. The molecular formula is C16H20O5. The molecule has 1 aromatic carbocycles. The number of allylic oxidation sites excluding steroid dienone is 1. The van der Waals surface area contributed by atoms with Crippen LogP contribution in [0.3, 0.4) is 0 Å². The van der Waals surface area contributed by atoms with Gasteiger partial charge in [0.1, 0.15) is 0 Å². The number of methoxy groups -OCH3 is 2. The summed E-state index contributed by atoms with van der Waals surface area (Å²) in [4.78, 5) is 22.8. The fourth-order valence-corrected chi connectivity index (χ4v) is 1.69. The predicted octanol–water partition coefficient (Wildman–Crippen LogP) is 2.63. The summed E-state index contributed by atoms with van der Waals surface area (Å²) in [5, 5.41) is 0. The molecule has 0 saturated heterocycles. The van der Waals surface area contributed by atoms with Crippen molar-refractivity contribution in [2.75, 3.05) is 20.8 Å². The molecule has 114 valence electrons. The number of ketones is 1. The first-order valence-electron chi connectivity index (χ1n) is 6.69. The molecule has 0 bridgehead atoms. The van der Waals surface area contributed by atoms with Crippen LogP contribution in [0.4, 0.5) is 0 Å². The monoisotopic (exact) mass is 292 g/mol. The Morgan fingerprint density at radius 1 is 1.10 bits per heavy atom. The highest BCUT2D eigenvalue weighted by Gasteiger charge is 2.06. The van der Waals surface area contributed by atoms with Crippen molar-refractivity contribution in [1.29, 1.82) is 0 Å². The van der Waals surface area contributed by atoms with E-state index in [9.17, 15) is 9.59 Å². The van der Waals surface area contributed by atoms with Gasteiger partial charge in [-0.1, -0.05) is 12.1 Å². The summed E-state index contributed by atoms with van der Waals surface area (Å²) in [6.07, 6.45) is 3.36. The lowest BCUT2D eigenvalue weighted by Crippen LogP contribution is -2.06. The van der Waals surface area contributed by atoms with Crippen LogP contribution in [0.1, 0.15) is 25.3 Å². The molecular weight excluding hydrogens is 272 g/mol. The third-order valence-electron chi connectivity index (χ3n) is 2.75. The van der Waals surface area contributed by atoms with Crippen LogP contribution in [0, 0.1) is 0 Å². The first kappa shape index (κ1) is 16.8. The fourth-order valence-electron chi connectivity index (χ4n) is 1.69. The molecule has 21 heavy (non-hydrogen) atoms. The number of rotatable bonds is 8. The summed E-state index contributed by atoms with van der Waals surface area (Å²) >= 11 is 0. The first-order chi connectivity index (χ1) is 10.1. The van der Waals surface area contributed by atoms with E-state index in [1.54, 1.807) is 39.4 Å². The second-order valence-electron chi connectivity index (χ2n) is 4.22. The van der Waals surface area contributed by atoms with Gasteiger partial charge in [0.15, 0.2) is 17.3 Å². The van der Waals surface area contributed by atoms with Gasteiger partial charge in [-0.2, -0.15) is 0 Å². The van der Waals surface area contributed by atoms with Gasteiger partial charge in [-0.05, 0) is 30.7 Å². The Morgan fingerprint density at radius 2 is 1.81 bits per heavy atom. The molecule has 0 heterocycles. The maximum absolute atomic E-state index is 11.7. The van der Waals surface area contributed by atoms with Crippen molar-refractivity contribution in [2.24, 2.45) is 0 Å². The molecule has 0 amide bonds. The molecule has 0 aliphatic heterocycles. The first-order valence-corrected chi connectivity index (χ1v) is 6.69. The van der Waals surface area contributed by atoms with Gasteiger partial charge in [-0.15, -0.1) is 0 Å². The third-order valence-corrected chi connectivity index (χ3v) is 2.75. The lowest BCUT2D eigenvalue weighted by Gasteiger charge is -2.07. The van der Waals surface area contributed by atoms with Crippen LogP contribution in [-0.4, -0.2) is 32.6 Å². The lowest BCUT2D eigenvalue weighted by molar-refractivity contribution is -0.144. The number of carbonyl (C=O) groups is 2. The van der Waals surface area contributed by atoms with E-state index in [0.29, 0.717) is 18.1 Å². The maximum atomic E-state index is 11.7. The predicted molar refractivity (Wildman–Crippen MR) is 79.5 cm³/mol. The zero-order valence-corrected chi connectivity index (χ0v) is 12.5. The van der Waals surface area contributed by atoms with Gasteiger partial charge in [-0.3, -0.25) is 9.59 Å². The summed E-state index contributed by atoms with van der Waals surface area (Å²) in [5.74, 6) is 0.741. The second-order valence-corrected chi connectivity index (χ2v) is 4.22. The quantitative estimate of drug-likeness (QED) is 0.544. The average Bonchev–Trinajstić information content (AvgIpc) is 2.50. The van der Waals surface area contributed by atoms with Gasteiger partial charge < -0.3 is 14.2 Å². The van der Waals surface area contributed by atoms with Crippen molar-refractivity contribution in [3.8, 4) is 11.5 Å². The second kappa shape index (κ2) is 8.79. The van der Waals surface area contributed by atoms with E-state index in [1.165, 1.54) is 6.08 Å². The number of esters is 1. The minimum Gasteiger partial charge on any atom is -0.493 e. The summed E-state index contributed by atoms with van der Waals surface area (Å²) in [7, 11) is 3.11. The molecule has 0 radical (unpaired) electrons. The highest BCUT2D eigenvalue weighted by Crippen LogP contribution is 2.27. The molecule has 0 saturated carbocycles. The van der Waals surface area contributed by atoms with E-state index >= 15 is 0 Å². The van der Waals surface area contributed by atoms with E-state index in [-0.39, 0.29) is 24.6 Å². The summed E-state index contributed by atoms with van der Waals surface area (Å²) in [6, 6.07) is 5.35. The Hall–Kier alpha value is -2.30. The molecule has 0 aromatic heterocycles. The van der Waals surface area contributed by atoms with E-state index in [2.05, 4.69) is 0 Å². The van der Waals surface area contributed by atoms with Crippen LogP contribution in [0.2, 0.25) is 0 Å². The van der Waals surface area contributed by atoms with Crippen LogP contribution >= 0.6 is 0 Å². The topological polar surface area (TPSA) is 61.8 Å². The maximum Gasteiger partial charge on any atom is 0.306 e. The van der Waals surface area contributed by atoms with Gasteiger partial charge in [0.2, 0.25) is 0 Å². The zero-order valence-electron chi connectivity index (χ0n) is 12.5. The smallest absolute Gasteiger partial charge is 0.306 e. The molecule has 0 fully saturated rings. The third kappa shape index (κ3) is 5.69. The molecule has 0 N–H and O–H groups in total. The van der Waals surface area contributed by atoms with Gasteiger partial charge in [0, 0.05) is 6.42 Å². The van der Waals surface area contributed by atoms with Gasteiger partial charge in [0.05, 0.1) is 27.2 Å². The van der Waals surface area contributed by atoms with Crippen molar-refractivity contribution in [1.82, 2.24) is 0 Å². The Morgan fingerprint density at radius 3 is 2.43 bits per heavy atom. The van der Waals surface area contributed by atoms with E-state index in [1.807, 2.05) is 6.07 Å². The van der Waals surface area contributed by atoms with Crippen molar-refractivity contribution in [3.05, 3.63) is 29.8 Å². The van der Waals surface area contributed by atoms with Crippen molar-refractivity contribution < 1.29 is 23.8 Å². The van der Waals surface area contributed by atoms with Crippen molar-refractivity contribution in [2.45, 2.75) is 19.8 Å². The Balaban J connectivity index is 2.59. The Bertz CT molecular complexity index is 519. The largest absolute Gasteiger partial charge is 0.493 e. The minimum atomic E-state index is -0.356. The van der Waals surface area contributed by atoms with Crippen LogP contribution in [0.25, 0.3) is 6.08 Å². The zero-order chi connectivity index (χ0) is 15.7. The van der Waals surface area contributed by atoms with E-state index < -0.39 is 0 Å². The van der Waals surface area contributed by atoms with E-state index in [4.69, 9.17) is 14.2 Å². The molecule has 0 unspecified atom stereocenters. The van der Waals surface area contributed by atoms with E-state index in [0.717, 1.165) is 5.56 Å². The number of carbonyl (C=O) groups excluding carboxylic acids is 2. The van der Waals surface area contributed by atoms with Crippen LogP contribution < -0.4 is 9.47 Å². The average molecular weight is 292 g/mol. The molecule has 0 aliphatic carbocycles. The minimum absolute atomic E-state index is 0.100. The molecule has 5 nitrogen and oxygen atoms in total. The lowest BCUT2D eigenvalue weighted by atomic mass is 10.1. The van der Waals surface area contributed by atoms with Crippen LogP contribution in [0.5, 0.6) is 11.5 Å². The van der Waals surface area contributed by atoms with Gasteiger partial charge in [-0.25, -0.2) is 0 Å². The highest BCUT2D eigenvalue weighted by atomic mass is 16.5. The number of hydrogen-bond donors (Lipinski definition) is 0. The Labute approximate surface area is 124 Å². The van der Waals surface area contributed by atoms with Crippen molar-refractivity contribution in [3.63, 3.8) is 0 Å². The molecule has 0 aliphatic rings. The molecule has 5 heteroatoms. The van der Waals surface area contributed by atoms with Crippen molar-refractivity contribution >= 4 is 17.8 Å². The molecule has 0 atom stereocenters. The highest BCUT2D eigenvalue weighted by molar-refractivity contribution is 5.95. The van der Waals surface area contributed by atoms with Gasteiger partial charge in [0.25, 0.3) is 0 Å².